The Morgan fingerprint density at radius 2 is 1.92 bits per heavy atom. The highest BCUT2D eigenvalue weighted by Crippen LogP contribution is 2.30. The predicted molar refractivity (Wildman–Crippen MR) is 97.6 cm³/mol. The summed E-state index contributed by atoms with van der Waals surface area (Å²) in [6.45, 7) is 6.31. The number of aryl methyl sites for hydroxylation is 1. The Hall–Kier alpha value is -1.22. The van der Waals surface area contributed by atoms with Crippen LogP contribution in [0.2, 0.25) is 0 Å². The Labute approximate surface area is 149 Å². The van der Waals surface area contributed by atoms with Crippen molar-refractivity contribution in [2.24, 2.45) is 5.92 Å². The number of rotatable bonds is 4. The van der Waals surface area contributed by atoms with Gasteiger partial charge in [0, 0.05) is 69.3 Å². The van der Waals surface area contributed by atoms with Crippen LogP contribution >= 0.6 is 0 Å². The van der Waals surface area contributed by atoms with Crippen molar-refractivity contribution < 1.29 is 8.42 Å². The maximum absolute atomic E-state index is 12.5. The van der Waals surface area contributed by atoms with Crippen molar-refractivity contribution in [3.8, 4) is 0 Å². The van der Waals surface area contributed by atoms with Crippen LogP contribution in [0.5, 0.6) is 0 Å². The molecule has 3 fully saturated rings. The van der Waals surface area contributed by atoms with E-state index in [1.807, 2.05) is 13.8 Å². The van der Waals surface area contributed by atoms with E-state index in [-0.39, 0.29) is 11.5 Å². The molecule has 2 atom stereocenters. The Kier molecular flexibility index (Phi) is 5.07. The number of nitrogens with one attached hydrogen (secondary N) is 1. The number of aromatic amines is 1. The molecular weight excluding hydrogens is 340 g/mol. The molecule has 7 nitrogen and oxygen atoms in total. The molecule has 3 saturated heterocycles. The molecule has 0 aliphatic carbocycles. The molecule has 1 aromatic heterocycles. The van der Waals surface area contributed by atoms with Crippen molar-refractivity contribution in [1.82, 2.24) is 18.5 Å². The maximum atomic E-state index is 12.5. The molecule has 0 amide bonds. The molecule has 1 aromatic rings. The van der Waals surface area contributed by atoms with Crippen LogP contribution in [-0.2, 0) is 16.8 Å². The Balaban J connectivity index is 1.82. The highest BCUT2D eigenvalue weighted by molar-refractivity contribution is 7.86. The number of hydrogen-bond acceptors (Lipinski definition) is 4. The molecule has 0 radical (unpaired) electrons. The van der Waals surface area contributed by atoms with E-state index in [0.717, 1.165) is 36.2 Å². The highest BCUT2D eigenvalue weighted by Gasteiger charge is 2.39. The summed E-state index contributed by atoms with van der Waals surface area (Å²) in [5.41, 5.74) is 2.51. The van der Waals surface area contributed by atoms with Crippen LogP contribution in [0, 0.1) is 19.8 Å². The van der Waals surface area contributed by atoms with Crippen LogP contribution < -0.4 is 5.43 Å². The second kappa shape index (κ2) is 6.83. The van der Waals surface area contributed by atoms with Gasteiger partial charge in [-0.3, -0.25) is 9.69 Å². The molecule has 0 aromatic carbocycles. The van der Waals surface area contributed by atoms with Crippen molar-refractivity contribution in [3.63, 3.8) is 0 Å². The number of aromatic nitrogens is 1. The standard InChI is InChI=1S/C17H28N4O3S/c1-12-7-18-16(13(2)17(12)22)11-20-8-14-5-6-15(20)10-21(9-14)25(23,24)19(3)4/h7,14-15H,5-6,8-11H2,1-4H3,(H,18,22)/t14-,15-/m0/s1. The fraction of sp³-hybridized carbons (Fsp3) is 0.706. The fourth-order valence-corrected chi connectivity index (χ4v) is 5.14. The van der Waals surface area contributed by atoms with Gasteiger partial charge in [0.15, 0.2) is 5.43 Å². The molecule has 0 saturated carbocycles. The molecule has 8 heteroatoms. The van der Waals surface area contributed by atoms with E-state index in [1.165, 1.54) is 4.31 Å². The van der Waals surface area contributed by atoms with Gasteiger partial charge in [-0.1, -0.05) is 0 Å². The monoisotopic (exact) mass is 368 g/mol. The second-order valence-electron chi connectivity index (χ2n) is 7.54. The van der Waals surface area contributed by atoms with E-state index >= 15 is 0 Å². The zero-order chi connectivity index (χ0) is 18.4. The lowest BCUT2D eigenvalue weighted by atomic mass is 9.94. The molecule has 4 heterocycles. The average Bonchev–Trinajstić information content (AvgIpc) is 2.87. The minimum absolute atomic E-state index is 0.0885. The molecular formula is C17H28N4O3S. The lowest BCUT2D eigenvalue weighted by Gasteiger charge is -2.36. The fourth-order valence-electron chi connectivity index (χ4n) is 3.92. The van der Waals surface area contributed by atoms with E-state index in [2.05, 4.69) is 9.88 Å². The third-order valence-corrected chi connectivity index (χ3v) is 7.43. The minimum Gasteiger partial charge on any atom is -0.363 e. The Bertz CT molecular complexity index is 803. The van der Waals surface area contributed by atoms with E-state index in [9.17, 15) is 13.2 Å². The zero-order valence-electron chi connectivity index (χ0n) is 15.4. The van der Waals surface area contributed by atoms with Gasteiger partial charge in [0.2, 0.25) is 0 Å². The second-order valence-corrected chi connectivity index (χ2v) is 9.68. The molecule has 3 aliphatic rings. The first kappa shape index (κ1) is 18.6. The lowest BCUT2D eigenvalue weighted by Crippen LogP contribution is -2.46. The van der Waals surface area contributed by atoms with Crippen molar-refractivity contribution in [3.05, 3.63) is 33.2 Å². The molecule has 140 valence electrons. The highest BCUT2D eigenvalue weighted by atomic mass is 32.2. The topological polar surface area (TPSA) is 76.7 Å². The maximum Gasteiger partial charge on any atom is 0.281 e. The van der Waals surface area contributed by atoms with Gasteiger partial charge >= 0.3 is 0 Å². The predicted octanol–water partition coefficient (Wildman–Crippen LogP) is 0.694. The summed E-state index contributed by atoms with van der Waals surface area (Å²) in [5, 5.41) is 0. The van der Waals surface area contributed by atoms with E-state index in [0.29, 0.717) is 25.6 Å². The van der Waals surface area contributed by atoms with Crippen LogP contribution in [0.1, 0.15) is 29.7 Å². The summed E-state index contributed by atoms with van der Waals surface area (Å²) in [5.74, 6) is 0.339. The van der Waals surface area contributed by atoms with Crippen molar-refractivity contribution in [1.29, 1.82) is 0 Å². The van der Waals surface area contributed by atoms with E-state index < -0.39 is 10.2 Å². The first-order chi connectivity index (χ1) is 11.7. The van der Waals surface area contributed by atoms with Gasteiger partial charge < -0.3 is 4.98 Å². The third-order valence-electron chi connectivity index (χ3n) is 5.56. The van der Waals surface area contributed by atoms with E-state index in [1.54, 1.807) is 24.6 Å². The zero-order valence-corrected chi connectivity index (χ0v) is 16.3. The first-order valence-corrected chi connectivity index (χ1v) is 10.2. The molecule has 4 rings (SSSR count). The SMILES string of the molecule is Cc1c[nH]c(CN2C[C@@H]3CC[C@H]2CN(S(=O)(=O)N(C)C)C3)c(C)c1=O. The molecule has 3 aliphatic heterocycles. The summed E-state index contributed by atoms with van der Waals surface area (Å²) in [4.78, 5) is 17.8. The van der Waals surface area contributed by atoms with Gasteiger partial charge in [0.1, 0.15) is 0 Å². The number of fused-ring (bicyclic) bond motifs is 4. The van der Waals surface area contributed by atoms with Crippen LogP contribution in [0.15, 0.2) is 11.0 Å². The van der Waals surface area contributed by atoms with Gasteiger partial charge in [-0.05, 0) is 32.6 Å². The molecule has 25 heavy (non-hydrogen) atoms. The molecule has 2 bridgehead atoms. The minimum atomic E-state index is -3.38. The van der Waals surface area contributed by atoms with Crippen LogP contribution in [0.4, 0.5) is 0 Å². The third kappa shape index (κ3) is 3.53. The normalized spacial score (nSPS) is 25.5. The van der Waals surface area contributed by atoms with Crippen molar-refractivity contribution >= 4 is 10.2 Å². The van der Waals surface area contributed by atoms with Gasteiger partial charge in [0.05, 0.1) is 0 Å². The van der Waals surface area contributed by atoms with Gasteiger partial charge in [-0.15, -0.1) is 0 Å². The molecule has 1 N–H and O–H groups in total. The van der Waals surface area contributed by atoms with Crippen LogP contribution in [0.25, 0.3) is 0 Å². The number of nitrogens with zero attached hydrogens (tertiary/aromatic N) is 3. The van der Waals surface area contributed by atoms with Crippen LogP contribution in [-0.4, -0.2) is 66.7 Å². The van der Waals surface area contributed by atoms with Crippen LogP contribution in [0.3, 0.4) is 0 Å². The van der Waals surface area contributed by atoms with Crippen molar-refractivity contribution in [2.75, 3.05) is 33.7 Å². The van der Waals surface area contributed by atoms with Gasteiger partial charge in [0.25, 0.3) is 10.2 Å². The number of piperidine rings is 1. The average molecular weight is 369 g/mol. The van der Waals surface area contributed by atoms with E-state index in [4.69, 9.17) is 0 Å². The largest absolute Gasteiger partial charge is 0.363 e. The number of hydrogen-bond donors (Lipinski definition) is 1. The lowest BCUT2D eigenvalue weighted by molar-refractivity contribution is 0.123. The number of H-pyrrole nitrogens is 1. The summed E-state index contributed by atoms with van der Waals surface area (Å²) in [6, 6.07) is 0.192. The van der Waals surface area contributed by atoms with Gasteiger partial charge in [-0.25, -0.2) is 0 Å². The summed E-state index contributed by atoms with van der Waals surface area (Å²) in [6.07, 6.45) is 3.83. The Morgan fingerprint density at radius 3 is 2.60 bits per heavy atom. The summed E-state index contributed by atoms with van der Waals surface area (Å²) >= 11 is 0. The van der Waals surface area contributed by atoms with Crippen molar-refractivity contribution in [2.45, 2.75) is 39.3 Å². The summed E-state index contributed by atoms with van der Waals surface area (Å²) < 4.78 is 28.0. The smallest absolute Gasteiger partial charge is 0.281 e. The quantitative estimate of drug-likeness (QED) is 0.849. The summed E-state index contributed by atoms with van der Waals surface area (Å²) in [7, 11) is -0.216. The number of pyridine rings is 1. The van der Waals surface area contributed by atoms with Gasteiger partial charge in [-0.2, -0.15) is 17.0 Å². The Morgan fingerprint density at radius 1 is 1.20 bits per heavy atom. The first-order valence-electron chi connectivity index (χ1n) is 8.79. The molecule has 0 unspecified atom stereocenters. The molecule has 0 spiro atoms.